The summed E-state index contributed by atoms with van der Waals surface area (Å²) in [5, 5.41) is 3.20. The summed E-state index contributed by atoms with van der Waals surface area (Å²) in [6.45, 7) is 1.25. The highest BCUT2D eigenvalue weighted by Crippen LogP contribution is 2.32. The number of aromatic nitrogens is 3. The van der Waals surface area contributed by atoms with Gasteiger partial charge in [0.05, 0.1) is 6.61 Å². The highest BCUT2D eigenvalue weighted by molar-refractivity contribution is 7.14. The van der Waals surface area contributed by atoms with Crippen molar-refractivity contribution >= 4 is 27.6 Å². The molecular formula is C14H13FN4OS. The molecule has 0 aliphatic heterocycles. The summed E-state index contributed by atoms with van der Waals surface area (Å²) in [7, 11) is 1.65. The predicted molar refractivity (Wildman–Crippen MR) is 81.0 cm³/mol. The molecule has 0 saturated carbocycles. The fourth-order valence-corrected chi connectivity index (χ4v) is 2.78. The van der Waals surface area contributed by atoms with Crippen LogP contribution in [0.25, 0.3) is 21.5 Å². The van der Waals surface area contributed by atoms with Gasteiger partial charge >= 0.3 is 0 Å². The first-order valence-corrected chi connectivity index (χ1v) is 7.16. The molecule has 108 valence electrons. The number of anilines is 1. The molecule has 0 saturated heterocycles. The van der Waals surface area contributed by atoms with Crippen molar-refractivity contribution in [3.8, 4) is 11.3 Å². The molecule has 1 N–H and O–H groups in total. The Hall–Kier alpha value is -2.12. The van der Waals surface area contributed by atoms with E-state index in [0.717, 1.165) is 27.3 Å². The average Bonchev–Trinajstić information content (AvgIpc) is 2.93. The first kappa shape index (κ1) is 13.8. The van der Waals surface area contributed by atoms with Gasteiger partial charge in [-0.1, -0.05) is 0 Å². The summed E-state index contributed by atoms with van der Waals surface area (Å²) in [6.07, 6.45) is 1.50. The lowest BCUT2D eigenvalue weighted by Crippen LogP contribution is -2.08. The fourth-order valence-electron chi connectivity index (χ4n) is 1.96. The van der Waals surface area contributed by atoms with Gasteiger partial charge in [0.15, 0.2) is 0 Å². The normalized spacial score (nSPS) is 11.0. The number of halogens is 1. The Bertz CT molecular complexity index is 744. The van der Waals surface area contributed by atoms with Crippen molar-refractivity contribution in [3.05, 3.63) is 36.4 Å². The van der Waals surface area contributed by atoms with Crippen LogP contribution in [0, 0.1) is 5.82 Å². The summed E-state index contributed by atoms with van der Waals surface area (Å²) in [4.78, 5) is 8.53. The smallest absolute Gasteiger partial charge is 0.149 e. The number of benzene rings is 1. The van der Waals surface area contributed by atoms with Gasteiger partial charge < -0.3 is 10.1 Å². The zero-order chi connectivity index (χ0) is 14.7. The molecule has 5 nitrogen and oxygen atoms in total. The third-order valence-electron chi connectivity index (χ3n) is 2.97. The van der Waals surface area contributed by atoms with E-state index in [9.17, 15) is 4.39 Å². The molecule has 0 radical (unpaired) electrons. The molecule has 0 amide bonds. The van der Waals surface area contributed by atoms with E-state index in [0.29, 0.717) is 13.2 Å². The quantitative estimate of drug-likeness (QED) is 0.734. The van der Waals surface area contributed by atoms with Crippen LogP contribution in [0.1, 0.15) is 0 Å². The number of methoxy groups -OCH3 is 1. The lowest BCUT2D eigenvalue weighted by Gasteiger charge is -2.04. The molecule has 0 spiro atoms. The number of nitrogens with zero attached hydrogens (tertiary/aromatic N) is 3. The Labute approximate surface area is 125 Å². The van der Waals surface area contributed by atoms with E-state index in [4.69, 9.17) is 4.74 Å². The molecule has 0 fully saturated rings. The van der Waals surface area contributed by atoms with Gasteiger partial charge in [0.2, 0.25) is 0 Å². The number of ether oxygens (including phenoxy) is 1. The second-order valence-corrected chi connectivity index (χ2v) is 5.13. The average molecular weight is 304 g/mol. The second kappa shape index (κ2) is 6.11. The van der Waals surface area contributed by atoms with Crippen molar-refractivity contribution in [1.29, 1.82) is 0 Å². The van der Waals surface area contributed by atoms with Crippen LogP contribution >= 0.6 is 11.5 Å². The maximum absolute atomic E-state index is 13.0. The van der Waals surface area contributed by atoms with Crippen LogP contribution in [0.2, 0.25) is 0 Å². The van der Waals surface area contributed by atoms with Gasteiger partial charge in [0.25, 0.3) is 0 Å². The number of hydrogen-bond donors (Lipinski definition) is 1. The molecule has 0 aliphatic carbocycles. The number of nitrogens with one attached hydrogen (secondary N) is 1. The minimum Gasteiger partial charge on any atom is -0.383 e. The Morgan fingerprint density at radius 2 is 2.05 bits per heavy atom. The molecular weight excluding hydrogens is 291 g/mol. The molecule has 1 aromatic carbocycles. The van der Waals surface area contributed by atoms with Gasteiger partial charge in [-0.25, -0.2) is 14.4 Å². The summed E-state index contributed by atoms with van der Waals surface area (Å²) < 4.78 is 23.3. The molecule has 21 heavy (non-hydrogen) atoms. The van der Waals surface area contributed by atoms with Crippen molar-refractivity contribution in [1.82, 2.24) is 14.3 Å². The Kier molecular flexibility index (Phi) is 4.03. The van der Waals surface area contributed by atoms with Gasteiger partial charge in [0.1, 0.15) is 33.9 Å². The van der Waals surface area contributed by atoms with Gasteiger partial charge in [-0.3, -0.25) is 0 Å². The molecule has 0 aliphatic rings. The van der Waals surface area contributed by atoms with Crippen molar-refractivity contribution < 1.29 is 9.13 Å². The van der Waals surface area contributed by atoms with E-state index in [1.165, 1.54) is 30.0 Å². The van der Waals surface area contributed by atoms with Gasteiger partial charge in [0, 0.05) is 19.2 Å². The van der Waals surface area contributed by atoms with Crippen LogP contribution in [0.3, 0.4) is 0 Å². The van der Waals surface area contributed by atoms with Crippen LogP contribution in [-0.4, -0.2) is 34.6 Å². The molecule has 0 bridgehead atoms. The summed E-state index contributed by atoms with van der Waals surface area (Å²) in [5.74, 6) is 0.470. The zero-order valence-corrected chi connectivity index (χ0v) is 12.2. The maximum Gasteiger partial charge on any atom is 0.149 e. The van der Waals surface area contributed by atoms with Crippen LogP contribution in [-0.2, 0) is 4.74 Å². The monoisotopic (exact) mass is 304 g/mol. The van der Waals surface area contributed by atoms with E-state index in [-0.39, 0.29) is 5.82 Å². The molecule has 3 rings (SSSR count). The second-order valence-electron chi connectivity index (χ2n) is 4.36. The van der Waals surface area contributed by atoms with Crippen LogP contribution in [0.4, 0.5) is 10.2 Å². The van der Waals surface area contributed by atoms with E-state index in [2.05, 4.69) is 19.7 Å². The van der Waals surface area contributed by atoms with Crippen LogP contribution in [0.15, 0.2) is 30.6 Å². The maximum atomic E-state index is 13.0. The van der Waals surface area contributed by atoms with E-state index < -0.39 is 0 Å². The minimum atomic E-state index is -0.269. The molecule has 0 unspecified atom stereocenters. The topological polar surface area (TPSA) is 59.9 Å². The third-order valence-corrected chi connectivity index (χ3v) is 3.82. The number of rotatable bonds is 5. The highest BCUT2D eigenvalue weighted by Gasteiger charge is 2.13. The van der Waals surface area contributed by atoms with Gasteiger partial charge in [-0.15, -0.1) is 0 Å². The SMILES string of the molecule is COCCNc1ncnc2c(-c3ccc(F)cc3)nsc12. The molecule has 0 atom stereocenters. The summed E-state index contributed by atoms with van der Waals surface area (Å²) >= 11 is 1.33. The number of hydrogen-bond acceptors (Lipinski definition) is 6. The lowest BCUT2D eigenvalue weighted by atomic mass is 10.1. The Morgan fingerprint density at radius 3 is 2.81 bits per heavy atom. The fraction of sp³-hybridized carbons (Fsp3) is 0.214. The highest BCUT2D eigenvalue weighted by atomic mass is 32.1. The van der Waals surface area contributed by atoms with Crippen LogP contribution in [0.5, 0.6) is 0 Å². The molecule has 3 aromatic rings. The van der Waals surface area contributed by atoms with E-state index in [1.807, 2.05) is 0 Å². The molecule has 2 aromatic heterocycles. The molecule has 7 heteroatoms. The standard InChI is InChI=1S/C14H13FN4OS/c1-20-7-6-16-14-13-12(17-8-18-14)11(19-21-13)9-2-4-10(15)5-3-9/h2-5,8H,6-7H2,1H3,(H,16,17,18). The summed E-state index contributed by atoms with van der Waals surface area (Å²) in [5.41, 5.74) is 2.35. The van der Waals surface area contributed by atoms with Gasteiger partial charge in [-0.05, 0) is 35.8 Å². The molecule has 2 heterocycles. The lowest BCUT2D eigenvalue weighted by molar-refractivity contribution is 0.210. The largest absolute Gasteiger partial charge is 0.383 e. The van der Waals surface area contributed by atoms with Gasteiger partial charge in [-0.2, -0.15) is 4.37 Å². The zero-order valence-electron chi connectivity index (χ0n) is 11.3. The third kappa shape index (κ3) is 2.84. The van der Waals surface area contributed by atoms with Crippen molar-refractivity contribution in [2.45, 2.75) is 0 Å². The Morgan fingerprint density at radius 1 is 1.24 bits per heavy atom. The predicted octanol–water partition coefficient (Wildman–Crippen LogP) is 2.95. The Balaban J connectivity index is 1.98. The van der Waals surface area contributed by atoms with Crippen LogP contribution < -0.4 is 5.32 Å². The first-order chi connectivity index (χ1) is 10.3. The first-order valence-electron chi connectivity index (χ1n) is 6.38. The number of fused-ring (bicyclic) bond motifs is 1. The van der Waals surface area contributed by atoms with E-state index in [1.54, 1.807) is 19.2 Å². The summed E-state index contributed by atoms with van der Waals surface area (Å²) in [6, 6.07) is 6.23. The van der Waals surface area contributed by atoms with Crippen molar-refractivity contribution in [2.75, 3.05) is 25.6 Å². The van der Waals surface area contributed by atoms with Crippen molar-refractivity contribution in [2.24, 2.45) is 0 Å². The van der Waals surface area contributed by atoms with Crippen molar-refractivity contribution in [3.63, 3.8) is 0 Å². The minimum absolute atomic E-state index is 0.269. The van der Waals surface area contributed by atoms with E-state index >= 15 is 0 Å².